The van der Waals surface area contributed by atoms with Crippen LogP contribution in [-0.2, 0) is 11.3 Å². The molecule has 1 aliphatic heterocycles. The van der Waals surface area contributed by atoms with Crippen LogP contribution in [-0.4, -0.2) is 61.0 Å². The van der Waals surface area contributed by atoms with E-state index in [9.17, 15) is 5.11 Å². The summed E-state index contributed by atoms with van der Waals surface area (Å²) in [6.45, 7) is 2.79. The van der Waals surface area contributed by atoms with Gasteiger partial charge in [-0.25, -0.2) is 0 Å². The number of hydroxylamine groups is 2. The SMILES string of the molecule is CON(C)C1CCN(CC(O)Cc2ccc3ccccc3c2)CC1. The summed E-state index contributed by atoms with van der Waals surface area (Å²) < 4.78 is 0. The molecular formula is C20H28N2O2. The van der Waals surface area contributed by atoms with E-state index in [1.165, 1.54) is 16.3 Å². The molecule has 1 unspecified atom stereocenters. The highest BCUT2D eigenvalue weighted by molar-refractivity contribution is 5.82. The first-order valence-electron chi connectivity index (χ1n) is 8.81. The minimum Gasteiger partial charge on any atom is -0.391 e. The first-order valence-corrected chi connectivity index (χ1v) is 8.81. The molecule has 3 rings (SSSR count). The maximum atomic E-state index is 10.5. The molecule has 0 bridgehead atoms. The van der Waals surface area contributed by atoms with E-state index in [0.29, 0.717) is 12.5 Å². The normalized spacial score (nSPS) is 18.3. The molecule has 24 heavy (non-hydrogen) atoms. The van der Waals surface area contributed by atoms with Crippen molar-refractivity contribution >= 4 is 10.8 Å². The van der Waals surface area contributed by atoms with Gasteiger partial charge in [0.2, 0.25) is 0 Å². The van der Waals surface area contributed by atoms with Crippen LogP contribution in [0.25, 0.3) is 10.8 Å². The zero-order valence-corrected chi connectivity index (χ0v) is 14.7. The Kier molecular flexibility index (Phi) is 5.85. The van der Waals surface area contributed by atoms with Crippen LogP contribution >= 0.6 is 0 Å². The summed E-state index contributed by atoms with van der Waals surface area (Å²) in [6, 6.07) is 15.3. The fourth-order valence-electron chi connectivity index (χ4n) is 3.62. The Balaban J connectivity index is 1.51. The van der Waals surface area contributed by atoms with Gasteiger partial charge in [-0.3, -0.25) is 0 Å². The molecule has 1 heterocycles. The smallest absolute Gasteiger partial charge is 0.0707 e. The van der Waals surface area contributed by atoms with Crippen molar-refractivity contribution in [3.8, 4) is 0 Å². The highest BCUT2D eigenvalue weighted by Gasteiger charge is 2.23. The summed E-state index contributed by atoms with van der Waals surface area (Å²) in [5.41, 5.74) is 1.20. The van der Waals surface area contributed by atoms with E-state index in [2.05, 4.69) is 47.4 Å². The maximum absolute atomic E-state index is 10.5. The summed E-state index contributed by atoms with van der Waals surface area (Å²) >= 11 is 0. The zero-order valence-electron chi connectivity index (χ0n) is 14.7. The van der Waals surface area contributed by atoms with Crippen molar-refractivity contribution in [1.82, 2.24) is 9.96 Å². The average Bonchev–Trinajstić information content (AvgIpc) is 2.61. The molecule has 0 amide bonds. The first-order chi connectivity index (χ1) is 11.7. The Morgan fingerprint density at radius 1 is 1.17 bits per heavy atom. The van der Waals surface area contributed by atoms with E-state index >= 15 is 0 Å². The van der Waals surface area contributed by atoms with Gasteiger partial charge in [-0.1, -0.05) is 42.5 Å². The van der Waals surface area contributed by atoms with Crippen LogP contribution in [0.2, 0.25) is 0 Å². The number of rotatable bonds is 6. The van der Waals surface area contributed by atoms with Crippen LogP contribution in [0.4, 0.5) is 0 Å². The number of aliphatic hydroxyl groups is 1. The number of piperidine rings is 1. The fourth-order valence-corrected chi connectivity index (χ4v) is 3.62. The fraction of sp³-hybridized carbons (Fsp3) is 0.500. The van der Waals surface area contributed by atoms with Crippen molar-refractivity contribution in [2.75, 3.05) is 33.8 Å². The van der Waals surface area contributed by atoms with Gasteiger partial charge in [-0.2, -0.15) is 5.06 Å². The van der Waals surface area contributed by atoms with Crippen molar-refractivity contribution in [1.29, 1.82) is 0 Å². The Morgan fingerprint density at radius 3 is 2.58 bits per heavy atom. The largest absolute Gasteiger partial charge is 0.391 e. The van der Waals surface area contributed by atoms with Gasteiger partial charge in [0.05, 0.1) is 13.2 Å². The standard InChI is InChI=1S/C20H28N2O2/c1-21(24-2)19-9-11-22(12-10-19)15-20(23)14-16-7-8-17-5-3-4-6-18(17)13-16/h3-8,13,19-20,23H,9-12,14-15H2,1-2H3. The highest BCUT2D eigenvalue weighted by atomic mass is 16.7. The lowest BCUT2D eigenvalue weighted by molar-refractivity contribution is -0.151. The lowest BCUT2D eigenvalue weighted by Crippen LogP contribution is -2.45. The summed E-state index contributed by atoms with van der Waals surface area (Å²) in [7, 11) is 3.72. The number of aliphatic hydroxyl groups excluding tert-OH is 1. The third kappa shape index (κ3) is 4.33. The monoisotopic (exact) mass is 328 g/mol. The van der Waals surface area contributed by atoms with Crippen LogP contribution in [0, 0.1) is 0 Å². The number of nitrogens with zero attached hydrogens (tertiary/aromatic N) is 2. The van der Waals surface area contributed by atoms with Crippen LogP contribution in [0.1, 0.15) is 18.4 Å². The van der Waals surface area contributed by atoms with Gasteiger partial charge in [-0.15, -0.1) is 0 Å². The zero-order chi connectivity index (χ0) is 16.9. The molecule has 1 N–H and O–H groups in total. The van der Waals surface area contributed by atoms with Gasteiger partial charge < -0.3 is 14.8 Å². The molecule has 1 aliphatic rings. The van der Waals surface area contributed by atoms with Crippen LogP contribution in [0.5, 0.6) is 0 Å². The molecule has 0 radical (unpaired) electrons. The van der Waals surface area contributed by atoms with Gasteiger partial charge in [0.15, 0.2) is 0 Å². The summed E-state index contributed by atoms with van der Waals surface area (Å²) in [6.07, 6.45) is 2.57. The number of hydrogen-bond donors (Lipinski definition) is 1. The van der Waals surface area contributed by atoms with E-state index in [0.717, 1.165) is 32.5 Å². The third-order valence-electron chi connectivity index (χ3n) is 5.11. The van der Waals surface area contributed by atoms with Crippen molar-refractivity contribution in [2.45, 2.75) is 31.4 Å². The number of hydrogen-bond acceptors (Lipinski definition) is 4. The minimum absolute atomic E-state index is 0.317. The Morgan fingerprint density at radius 2 is 1.88 bits per heavy atom. The van der Waals surface area contributed by atoms with Crippen molar-refractivity contribution in [2.24, 2.45) is 0 Å². The van der Waals surface area contributed by atoms with Crippen molar-refractivity contribution < 1.29 is 9.94 Å². The quantitative estimate of drug-likeness (QED) is 0.827. The lowest BCUT2D eigenvalue weighted by Gasteiger charge is -2.36. The molecule has 0 spiro atoms. The molecule has 130 valence electrons. The van der Waals surface area contributed by atoms with Gasteiger partial charge in [0.25, 0.3) is 0 Å². The molecule has 1 saturated heterocycles. The predicted molar refractivity (Wildman–Crippen MR) is 97.9 cm³/mol. The number of fused-ring (bicyclic) bond motifs is 1. The van der Waals surface area contributed by atoms with E-state index < -0.39 is 0 Å². The molecule has 0 saturated carbocycles. The number of β-amino-alcohol motifs (C(OH)–C–C–N with tert-alkyl or cyclic N) is 1. The predicted octanol–water partition coefficient (Wildman–Crippen LogP) is 2.70. The topological polar surface area (TPSA) is 35.9 Å². The number of likely N-dealkylation sites (tertiary alicyclic amines) is 1. The van der Waals surface area contributed by atoms with Crippen LogP contribution in [0.3, 0.4) is 0 Å². The molecule has 2 aromatic rings. The molecule has 1 fully saturated rings. The van der Waals surface area contributed by atoms with E-state index in [1.54, 1.807) is 7.11 Å². The van der Waals surface area contributed by atoms with Crippen LogP contribution < -0.4 is 0 Å². The van der Waals surface area contributed by atoms with E-state index in [1.807, 2.05) is 12.1 Å². The van der Waals surface area contributed by atoms with E-state index in [4.69, 9.17) is 4.84 Å². The van der Waals surface area contributed by atoms with Gasteiger partial charge >= 0.3 is 0 Å². The molecule has 2 aromatic carbocycles. The summed E-state index contributed by atoms with van der Waals surface area (Å²) in [5, 5.41) is 14.9. The van der Waals surface area contributed by atoms with Crippen molar-refractivity contribution in [3.05, 3.63) is 48.0 Å². The van der Waals surface area contributed by atoms with Gasteiger partial charge in [0.1, 0.15) is 0 Å². The highest BCUT2D eigenvalue weighted by Crippen LogP contribution is 2.18. The maximum Gasteiger partial charge on any atom is 0.0707 e. The lowest BCUT2D eigenvalue weighted by atomic mass is 10.0. The minimum atomic E-state index is -0.317. The second-order valence-electron chi connectivity index (χ2n) is 6.80. The second-order valence-corrected chi connectivity index (χ2v) is 6.80. The summed E-state index contributed by atoms with van der Waals surface area (Å²) in [5.74, 6) is 0. The summed E-state index contributed by atoms with van der Waals surface area (Å²) in [4.78, 5) is 7.65. The Labute approximate surface area is 144 Å². The van der Waals surface area contributed by atoms with E-state index in [-0.39, 0.29) is 6.10 Å². The molecular weight excluding hydrogens is 300 g/mol. The number of benzene rings is 2. The average molecular weight is 328 g/mol. The molecule has 0 aromatic heterocycles. The Hall–Kier alpha value is -1.46. The van der Waals surface area contributed by atoms with Gasteiger partial charge in [0, 0.05) is 19.6 Å². The Bertz CT molecular complexity index is 653. The first kappa shape index (κ1) is 17.4. The van der Waals surface area contributed by atoms with Crippen molar-refractivity contribution in [3.63, 3.8) is 0 Å². The second kappa shape index (κ2) is 8.08. The third-order valence-corrected chi connectivity index (χ3v) is 5.11. The molecule has 4 heteroatoms. The molecule has 4 nitrogen and oxygen atoms in total. The van der Waals surface area contributed by atoms with Gasteiger partial charge in [-0.05, 0) is 48.7 Å². The molecule has 1 atom stereocenters. The van der Waals surface area contributed by atoms with Crippen LogP contribution in [0.15, 0.2) is 42.5 Å². The molecule has 0 aliphatic carbocycles.